The van der Waals surface area contributed by atoms with Crippen LogP contribution in [0.3, 0.4) is 0 Å². The molecule has 1 aromatic heterocycles. The Morgan fingerprint density at radius 3 is 2.62 bits per heavy atom. The van der Waals surface area contributed by atoms with Gasteiger partial charge in [0.2, 0.25) is 0 Å². The number of benzene rings is 1. The van der Waals surface area contributed by atoms with Crippen molar-refractivity contribution in [1.29, 1.82) is 0 Å². The fourth-order valence-corrected chi connectivity index (χ4v) is 2.19. The molecule has 21 heavy (non-hydrogen) atoms. The Labute approximate surface area is 126 Å². The molecule has 0 saturated carbocycles. The standard InChI is InChI=1S/C16H24N4O/c1-19(12-15-11-18-20(2)13-15)16-6-4-14(5-7-16)10-17-8-9-21-3/h4-7,11,13,17H,8-10,12H2,1-3H3. The van der Waals surface area contributed by atoms with E-state index in [2.05, 4.69) is 46.6 Å². The highest BCUT2D eigenvalue weighted by molar-refractivity contribution is 5.47. The van der Waals surface area contributed by atoms with E-state index in [-0.39, 0.29) is 0 Å². The first-order valence-electron chi connectivity index (χ1n) is 7.16. The highest BCUT2D eigenvalue weighted by Crippen LogP contribution is 2.16. The number of rotatable bonds is 8. The van der Waals surface area contributed by atoms with Crippen molar-refractivity contribution < 1.29 is 4.74 Å². The Balaban J connectivity index is 1.86. The number of anilines is 1. The summed E-state index contributed by atoms with van der Waals surface area (Å²) in [5, 5.41) is 7.54. The van der Waals surface area contributed by atoms with Crippen LogP contribution >= 0.6 is 0 Å². The summed E-state index contributed by atoms with van der Waals surface area (Å²) in [4.78, 5) is 2.22. The molecular formula is C16H24N4O. The number of ether oxygens (including phenoxy) is 1. The average molecular weight is 288 g/mol. The first-order chi connectivity index (χ1) is 10.2. The number of aryl methyl sites for hydroxylation is 1. The van der Waals surface area contributed by atoms with Crippen LogP contribution in [0.15, 0.2) is 36.7 Å². The van der Waals surface area contributed by atoms with Crippen LogP contribution < -0.4 is 10.2 Å². The van der Waals surface area contributed by atoms with Crippen LogP contribution in [0.4, 0.5) is 5.69 Å². The summed E-state index contributed by atoms with van der Waals surface area (Å²) in [7, 11) is 5.75. The maximum atomic E-state index is 5.01. The molecule has 0 radical (unpaired) electrons. The van der Waals surface area contributed by atoms with E-state index in [4.69, 9.17) is 4.74 Å². The van der Waals surface area contributed by atoms with Crippen molar-refractivity contribution in [2.24, 2.45) is 7.05 Å². The normalized spacial score (nSPS) is 10.8. The van der Waals surface area contributed by atoms with Gasteiger partial charge in [0.15, 0.2) is 0 Å². The molecule has 0 aliphatic rings. The van der Waals surface area contributed by atoms with Crippen LogP contribution in [0.2, 0.25) is 0 Å². The van der Waals surface area contributed by atoms with Gasteiger partial charge in [-0.05, 0) is 17.7 Å². The summed E-state index contributed by atoms with van der Waals surface area (Å²) in [5.74, 6) is 0. The highest BCUT2D eigenvalue weighted by atomic mass is 16.5. The summed E-state index contributed by atoms with van der Waals surface area (Å²) in [6.07, 6.45) is 3.95. The lowest BCUT2D eigenvalue weighted by molar-refractivity contribution is 0.199. The zero-order valence-corrected chi connectivity index (χ0v) is 13.0. The van der Waals surface area contributed by atoms with E-state index in [1.54, 1.807) is 7.11 Å². The molecule has 0 atom stereocenters. The quantitative estimate of drug-likeness (QED) is 0.752. The zero-order chi connectivity index (χ0) is 15.1. The van der Waals surface area contributed by atoms with E-state index in [1.807, 2.05) is 24.1 Å². The van der Waals surface area contributed by atoms with Gasteiger partial charge in [0.05, 0.1) is 12.8 Å². The maximum Gasteiger partial charge on any atom is 0.0587 e. The molecule has 0 aliphatic heterocycles. The Morgan fingerprint density at radius 1 is 1.24 bits per heavy atom. The lowest BCUT2D eigenvalue weighted by Gasteiger charge is -2.18. The van der Waals surface area contributed by atoms with Gasteiger partial charge in [0, 0.05) is 58.3 Å². The molecule has 0 unspecified atom stereocenters. The van der Waals surface area contributed by atoms with E-state index in [0.29, 0.717) is 0 Å². The molecule has 0 aliphatic carbocycles. The molecule has 114 valence electrons. The molecule has 5 heteroatoms. The Bertz CT molecular complexity index is 535. The molecule has 0 amide bonds. The van der Waals surface area contributed by atoms with Gasteiger partial charge in [-0.3, -0.25) is 4.68 Å². The summed E-state index contributed by atoms with van der Waals surface area (Å²) in [5.41, 5.74) is 3.70. The Morgan fingerprint density at radius 2 is 2.00 bits per heavy atom. The van der Waals surface area contributed by atoms with Crippen LogP contribution in [-0.4, -0.2) is 37.1 Å². The van der Waals surface area contributed by atoms with Crippen molar-refractivity contribution in [3.8, 4) is 0 Å². The minimum Gasteiger partial charge on any atom is -0.383 e. The largest absolute Gasteiger partial charge is 0.383 e. The topological polar surface area (TPSA) is 42.3 Å². The minimum absolute atomic E-state index is 0.742. The van der Waals surface area contributed by atoms with Crippen molar-refractivity contribution >= 4 is 5.69 Å². The van der Waals surface area contributed by atoms with Crippen LogP contribution in [0.1, 0.15) is 11.1 Å². The van der Waals surface area contributed by atoms with Crippen molar-refractivity contribution in [1.82, 2.24) is 15.1 Å². The summed E-state index contributed by atoms with van der Waals surface area (Å²) in [6.45, 7) is 3.35. The van der Waals surface area contributed by atoms with Crippen LogP contribution in [0.25, 0.3) is 0 Å². The summed E-state index contributed by atoms with van der Waals surface area (Å²) < 4.78 is 6.84. The predicted molar refractivity (Wildman–Crippen MR) is 85.3 cm³/mol. The minimum atomic E-state index is 0.742. The third-order valence-electron chi connectivity index (χ3n) is 3.37. The van der Waals surface area contributed by atoms with Gasteiger partial charge in [-0.1, -0.05) is 12.1 Å². The number of aromatic nitrogens is 2. The second kappa shape index (κ2) is 7.81. The van der Waals surface area contributed by atoms with E-state index in [0.717, 1.165) is 26.2 Å². The highest BCUT2D eigenvalue weighted by Gasteiger charge is 2.04. The lowest BCUT2D eigenvalue weighted by Crippen LogP contribution is -2.19. The van der Waals surface area contributed by atoms with Gasteiger partial charge in [0.25, 0.3) is 0 Å². The first kappa shape index (κ1) is 15.5. The van der Waals surface area contributed by atoms with Crippen molar-refractivity contribution in [3.05, 3.63) is 47.8 Å². The Hall–Kier alpha value is -1.85. The maximum absolute atomic E-state index is 5.01. The number of hydrogen-bond donors (Lipinski definition) is 1. The van der Waals surface area contributed by atoms with Gasteiger partial charge in [-0.2, -0.15) is 5.10 Å². The second-order valence-electron chi connectivity index (χ2n) is 5.21. The van der Waals surface area contributed by atoms with Gasteiger partial charge < -0.3 is 15.0 Å². The summed E-state index contributed by atoms with van der Waals surface area (Å²) in [6, 6.07) is 8.64. The molecule has 0 bridgehead atoms. The molecule has 1 heterocycles. The molecule has 0 spiro atoms. The third kappa shape index (κ3) is 4.88. The average Bonchev–Trinajstić information content (AvgIpc) is 2.89. The van der Waals surface area contributed by atoms with Crippen LogP contribution in [-0.2, 0) is 24.9 Å². The molecular weight excluding hydrogens is 264 g/mol. The van der Waals surface area contributed by atoms with Crippen LogP contribution in [0, 0.1) is 0 Å². The lowest BCUT2D eigenvalue weighted by atomic mass is 10.2. The SMILES string of the molecule is COCCNCc1ccc(N(C)Cc2cnn(C)c2)cc1. The van der Waals surface area contributed by atoms with E-state index >= 15 is 0 Å². The second-order valence-corrected chi connectivity index (χ2v) is 5.21. The molecule has 0 fully saturated rings. The van der Waals surface area contributed by atoms with Gasteiger partial charge in [-0.15, -0.1) is 0 Å². The van der Waals surface area contributed by atoms with Gasteiger partial charge in [-0.25, -0.2) is 0 Å². The molecule has 2 rings (SSSR count). The molecule has 1 N–H and O–H groups in total. The van der Waals surface area contributed by atoms with Crippen molar-refractivity contribution in [2.75, 3.05) is 32.2 Å². The molecule has 0 saturated heterocycles. The van der Waals surface area contributed by atoms with Crippen molar-refractivity contribution in [3.63, 3.8) is 0 Å². The van der Waals surface area contributed by atoms with E-state index < -0.39 is 0 Å². The Kier molecular flexibility index (Phi) is 5.78. The number of hydrogen-bond acceptors (Lipinski definition) is 4. The monoisotopic (exact) mass is 288 g/mol. The fraction of sp³-hybridized carbons (Fsp3) is 0.438. The van der Waals surface area contributed by atoms with E-state index in [1.165, 1.54) is 16.8 Å². The predicted octanol–water partition coefficient (Wildman–Crippen LogP) is 1.79. The number of nitrogens with one attached hydrogen (secondary N) is 1. The van der Waals surface area contributed by atoms with Gasteiger partial charge in [0.1, 0.15) is 0 Å². The number of methoxy groups -OCH3 is 1. The first-order valence-corrected chi connectivity index (χ1v) is 7.16. The fourth-order valence-electron chi connectivity index (χ4n) is 2.19. The summed E-state index contributed by atoms with van der Waals surface area (Å²) >= 11 is 0. The number of nitrogens with zero attached hydrogens (tertiary/aromatic N) is 3. The molecule has 5 nitrogen and oxygen atoms in total. The molecule has 2 aromatic rings. The smallest absolute Gasteiger partial charge is 0.0587 e. The third-order valence-corrected chi connectivity index (χ3v) is 3.37. The zero-order valence-electron chi connectivity index (χ0n) is 13.0. The molecule has 1 aromatic carbocycles. The van der Waals surface area contributed by atoms with Gasteiger partial charge >= 0.3 is 0 Å². The van der Waals surface area contributed by atoms with Crippen LogP contribution in [0.5, 0.6) is 0 Å². The van der Waals surface area contributed by atoms with E-state index in [9.17, 15) is 0 Å². The van der Waals surface area contributed by atoms with Crippen molar-refractivity contribution in [2.45, 2.75) is 13.1 Å².